The first-order valence-corrected chi connectivity index (χ1v) is 7.57. The maximum absolute atomic E-state index is 12.0. The smallest absolute Gasteiger partial charge is 0.410 e. The lowest BCUT2D eigenvalue weighted by Gasteiger charge is -2.37. The second-order valence-electron chi connectivity index (χ2n) is 6.81. The standard InChI is InChI=1S/C15H27N2O2/c1-15(2,3)19-14(18)17-10-6-13(7-11-17)12-4-8-16-9-5-12/h12-13H,4-11H2,1-3H3. The Bertz CT molecular complexity index is 298. The molecule has 4 heteroatoms. The zero-order valence-corrected chi connectivity index (χ0v) is 12.5. The van der Waals surface area contributed by atoms with E-state index >= 15 is 0 Å². The van der Waals surface area contributed by atoms with Gasteiger partial charge in [-0.05, 0) is 58.3 Å². The molecule has 0 aromatic rings. The number of likely N-dealkylation sites (tertiary alicyclic amines) is 1. The van der Waals surface area contributed by atoms with Crippen molar-refractivity contribution in [3.63, 3.8) is 0 Å². The predicted molar refractivity (Wildman–Crippen MR) is 75.1 cm³/mol. The van der Waals surface area contributed by atoms with E-state index in [4.69, 9.17) is 4.74 Å². The Kier molecular flexibility index (Phi) is 4.71. The molecule has 0 N–H and O–H groups in total. The molecule has 2 saturated heterocycles. The van der Waals surface area contributed by atoms with Gasteiger partial charge in [0.25, 0.3) is 0 Å². The summed E-state index contributed by atoms with van der Waals surface area (Å²) in [6, 6.07) is 0. The van der Waals surface area contributed by atoms with Gasteiger partial charge in [0, 0.05) is 26.2 Å². The van der Waals surface area contributed by atoms with Gasteiger partial charge in [0.2, 0.25) is 0 Å². The number of nitrogens with zero attached hydrogens (tertiary/aromatic N) is 2. The van der Waals surface area contributed by atoms with Crippen LogP contribution in [0.4, 0.5) is 4.79 Å². The van der Waals surface area contributed by atoms with Crippen LogP contribution >= 0.6 is 0 Å². The van der Waals surface area contributed by atoms with Crippen LogP contribution in [0.1, 0.15) is 46.5 Å². The SMILES string of the molecule is CC(C)(C)OC(=O)N1CCC(C2CC[N]CC2)CC1. The topological polar surface area (TPSA) is 43.6 Å². The summed E-state index contributed by atoms with van der Waals surface area (Å²) in [4.78, 5) is 13.9. The summed E-state index contributed by atoms with van der Waals surface area (Å²) in [6.07, 6.45) is 4.60. The molecule has 0 saturated carbocycles. The molecule has 0 atom stereocenters. The fourth-order valence-corrected chi connectivity index (χ4v) is 3.12. The molecule has 0 bridgehead atoms. The van der Waals surface area contributed by atoms with E-state index in [2.05, 4.69) is 5.32 Å². The second kappa shape index (κ2) is 6.12. The van der Waals surface area contributed by atoms with Crippen LogP contribution in [0.25, 0.3) is 0 Å². The molecule has 0 aliphatic carbocycles. The molecular weight excluding hydrogens is 240 g/mol. The van der Waals surface area contributed by atoms with E-state index in [9.17, 15) is 4.79 Å². The number of rotatable bonds is 1. The number of carbonyl (C=O) groups excluding carboxylic acids is 1. The average Bonchev–Trinajstić information content (AvgIpc) is 2.38. The Morgan fingerprint density at radius 2 is 1.58 bits per heavy atom. The third kappa shape index (κ3) is 4.37. The van der Waals surface area contributed by atoms with Crippen LogP contribution in [0.3, 0.4) is 0 Å². The zero-order valence-electron chi connectivity index (χ0n) is 12.5. The van der Waals surface area contributed by atoms with Crippen molar-refractivity contribution in [2.75, 3.05) is 26.2 Å². The molecule has 4 nitrogen and oxygen atoms in total. The third-order valence-corrected chi connectivity index (χ3v) is 4.17. The molecule has 2 aliphatic rings. The van der Waals surface area contributed by atoms with Gasteiger partial charge >= 0.3 is 6.09 Å². The normalized spacial score (nSPS) is 23.4. The van der Waals surface area contributed by atoms with Crippen molar-refractivity contribution in [3.8, 4) is 0 Å². The molecule has 19 heavy (non-hydrogen) atoms. The van der Waals surface area contributed by atoms with E-state index < -0.39 is 5.60 Å². The minimum Gasteiger partial charge on any atom is -0.444 e. The summed E-state index contributed by atoms with van der Waals surface area (Å²) in [5, 5.41) is 4.42. The molecule has 2 aliphatic heterocycles. The van der Waals surface area contributed by atoms with Crippen molar-refractivity contribution in [2.45, 2.75) is 52.1 Å². The van der Waals surface area contributed by atoms with Gasteiger partial charge < -0.3 is 9.64 Å². The van der Waals surface area contributed by atoms with Crippen LogP contribution in [0, 0.1) is 11.8 Å². The zero-order chi connectivity index (χ0) is 13.9. The van der Waals surface area contributed by atoms with E-state index in [-0.39, 0.29) is 6.09 Å². The monoisotopic (exact) mass is 267 g/mol. The van der Waals surface area contributed by atoms with Crippen LogP contribution in [0.15, 0.2) is 0 Å². The Balaban J connectivity index is 1.77. The summed E-state index contributed by atoms with van der Waals surface area (Å²) in [5.74, 6) is 1.62. The van der Waals surface area contributed by atoms with Crippen molar-refractivity contribution in [1.82, 2.24) is 10.2 Å². The average molecular weight is 267 g/mol. The maximum Gasteiger partial charge on any atom is 0.410 e. The largest absolute Gasteiger partial charge is 0.444 e. The fraction of sp³-hybridized carbons (Fsp3) is 0.933. The molecule has 2 heterocycles. The van der Waals surface area contributed by atoms with Crippen LogP contribution in [0.2, 0.25) is 0 Å². The van der Waals surface area contributed by atoms with Crippen LogP contribution in [0.5, 0.6) is 0 Å². The minimum atomic E-state index is -0.390. The Labute approximate surface area is 116 Å². The maximum atomic E-state index is 12.0. The highest BCUT2D eigenvalue weighted by atomic mass is 16.6. The highest BCUT2D eigenvalue weighted by Gasteiger charge is 2.31. The first-order chi connectivity index (χ1) is 8.96. The Morgan fingerprint density at radius 3 is 2.11 bits per heavy atom. The first kappa shape index (κ1) is 14.6. The summed E-state index contributed by atoms with van der Waals surface area (Å²) in [6.45, 7) is 9.55. The molecule has 0 unspecified atom stereocenters. The van der Waals surface area contributed by atoms with E-state index in [1.807, 2.05) is 25.7 Å². The summed E-state index contributed by atoms with van der Waals surface area (Å²) < 4.78 is 5.43. The molecule has 1 radical (unpaired) electrons. The summed E-state index contributed by atoms with van der Waals surface area (Å²) in [7, 11) is 0. The van der Waals surface area contributed by atoms with Crippen molar-refractivity contribution < 1.29 is 9.53 Å². The first-order valence-electron chi connectivity index (χ1n) is 7.57. The van der Waals surface area contributed by atoms with Gasteiger partial charge in [-0.1, -0.05) is 0 Å². The van der Waals surface area contributed by atoms with Gasteiger partial charge in [-0.2, -0.15) is 0 Å². The quantitative estimate of drug-likeness (QED) is 0.733. The Morgan fingerprint density at radius 1 is 1.05 bits per heavy atom. The van der Waals surface area contributed by atoms with Crippen molar-refractivity contribution in [2.24, 2.45) is 11.8 Å². The van der Waals surface area contributed by atoms with Gasteiger partial charge in [-0.3, -0.25) is 0 Å². The third-order valence-electron chi connectivity index (χ3n) is 4.17. The minimum absolute atomic E-state index is 0.149. The molecular formula is C15H27N2O2. The number of carbonyl (C=O) groups is 1. The number of piperidine rings is 2. The molecule has 0 spiro atoms. The van der Waals surface area contributed by atoms with Gasteiger partial charge in [0.1, 0.15) is 5.60 Å². The molecule has 2 rings (SSSR count). The van der Waals surface area contributed by atoms with Crippen molar-refractivity contribution in [3.05, 3.63) is 0 Å². The summed E-state index contributed by atoms with van der Waals surface area (Å²) >= 11 is 0. The molecule has 0 aromatic carbocycles. The molecule has 2 fully saturated rings. The lowest BCUT2D eigenvalue weighted by molar-refractivity contribution is 0.0150. The van der Waals surface area contributed by atoms with Crippen LogP contribution in [-0.2, 0) is 4.74 Å². The Hall–Kier alpha value is -0.770. The number of hydrogen-bond donors (Lipinski definition) is 0. The van der Waals surface area contributed by atoms with Gasteiger partial charge in [-0.15, -0.1) is 0 Å². The second-order valence-corrected chi connectivity index (χ2v) is 6.81. The van der Waals surface area contributed by atoms with E-state index in [0.29, 0.717) is 0 Å². The van der Waals surface area contributed by atoms with Crippen molar-refractivity contribution >= 4 is 6.09 Å². The summed E-state index contributed by atoms with van der Waals surface area (Å²) in [5.41, 5.74) is -0.390. The lowest BCUT2D eigenvalue weighted by atomic mass is 9.79. The molecule has 1 amide bonds. The number of amides is 1. The van der Waals surface area contributed by atoms with Crippen LogP contribution in [-0.4, -0.2) is 42.8 Å². The molecule has 0 aromatic heterocycles. The van der Waals surface area contributed by atoms with E-state index in [1.165, 1.54) is 12.8 Å². The highest BCUT2D eigenvalue weighted by Crippen LogP contribution is 2.31. The van der Waals surface area contributed by atoms with Gasteiger partial charge in [0.15, 0.2) is 0 Å². The highest BCUT2D eigenvalue weighted by molar-refractivity contribution is 5.68. The van der Waals surface area contributed by atoms with E-state index in [1.54, 1.807) is 0 Å². The fourth-order valence-electron chi connectivity index (χ4n) is 3.12. The van der Waals surface area contributed by atoms with Gasteiger partial charge in [-0.25, -0.2) is 10.1 Å². The lowest BCUT2D eigenvalue weighted by Crippen LogP contribution is -2.43. The molecule has 109 valence electrons. The van der Waals surface area contributed by atoms with Crippen molar-refractivity contribution in [1.29, 1.82) is 0 Å². The van der Waals surface area contributed by atoms with E-state index in [0.717, 1.165) is 50.9 Å². The van der Waals surface area contributed by atoms with Crippen LogP contribution < -0.4 is 5.32 Å². The number of ether oxygens (including phenoxy) is 1. The van der Waals surface area contributed by atoms with Gasteiger partial charge in [0.05, 0.1) is 0 Å². The number of hydrogen-bond acceptors (Lipinski definition) is 2. The predicted octanol–water partition coefficient (Wildman–Crippen LogP) is 2.65.